The minimum atomic E-state index is 0.268. The van der Waals surface area contributed by atoms with Crippen molar-refractivity contribution < 1.29 is 0 Å². The number of nitrogens with one attached hydrogen (secondary N) is 2. The first-order chi connectivity index (χ1) is 9.06. The molecule has 0 spiro atoms. The number of nitrogens with zero attached hydrogens (tertiary/aromatic N) is 2. The third-order valence-corrected chi connectivity index (χ3v) is 2.59. The van der Waals surface area contributed by atoms with Gasteiger partial charge in [0.15, 0.2) is 11.6 Å². The van der Waals surface area contributed by atoms with E-state index in [1.54, 1.807) is 0 Å². The molecule has 0 fully saturated rings. The Labute approximate surface area is 113 Å². The van der Waals surface area contributed by atoms with Crippen LogP contribution < -0.4 is 16.4 Å². The molecule has 5 heteroatoms. The lowest BCUT2D eigenvalue weighted by Crippen LogP contribution is -2.14. The summed E-state index contributed by atoms with van der Waals surface area (Å²) >= 11 is 0. The summed E-state index contributed by atoms with van der Waals surface area (Å²) in [4.78, 5) is 8.33. The van der Waals surface area contributed by atoms with Crippen LogP contribution in [-0.2, 0) is 0 Å². The maximum atomic E-state index is 6.07. The first-order valence-corrected chi connectivity index (χ1v) is 6.27. The Morgan fingerprint density at radius 2 is 1.89 bits per heavy atom. The summed E-state index contributed by atoms with van der Waals surface area (Å²) in [5.41, 5.74) is 8.73. The van der Waals surface area contributed by atoms with Crippen LogP contribution in [0.25, 0.3) is 0 Å². The van der Waals surface area contributed by atoms with Crippen molar-refractivity contribution in [3.8, 4) is 0 Å². The number of nitrogen functional groups attached to an aromatic ring is 1. The van der Waals surface area contributed by atoms with Crippen molar-refractivity contribution in [2.45, 2.75) is 26.8 Å². The molecule has 1 aromatic heterocycles. The Hall–Kier alpha value is -2.30. The third-order valence-electron chi connectivity index (χ3n) is 2.59. The highest BCUT2D eigenvalue weighted by Gasteiger charge is 2.09. The topological polar surface area (TPSA) is 75.9 Å². The number of benzene rings is 1. The molecule has 19 heavy (non-hydrogen) atoms. The second kappa shape index (κ2) is 5.56. The minimum Gasteiger partial charge on any atom is -0.393 e. The van der Waals surface area contributed by atoms with E-state index in [2.05, 4.69) is 20.6 Å². The van der Waals surface area contributed by atoms with E-state index in [1.807, 2.05) is 45.0 Å². The zero-order valence-electron chi connectivity index (χ0n) is 11.4. The molecule has 2 aromatic rings. The fourth-order valence-electron chi connectivity index (χ4n) is 1.74. The zero-order valence-corrected chi connectivity index (χ0v) is 11.4. The predicted molar refractivity (Wildman–Crippen MR) is 79.7 cm³/mol. The maximum Gasteiger partial charge on any atom is 0.159 e. The predicted octanol–water partition coefficient (Wildman–Crippen LogP) is 2.93. The molecule has 0 radical (unpaired) electrons. The minimum absolute atomic E-state index is 0.268. The van der Waals surface area contributed by atoms with E-state index in [0.29, 0.717) is 17.3 Å². The first kappa shape index (κ1) is 13.1. The van der Waals surface area contributed by atoms with E-state index in [9.17, 15) is 0 Å². The quantitative estimate of drug-likeness (QED) is 0.785. The Kier molecular flexibility index (Phi) is 3.85. The van der Waals surface area contributed by atoms with Crippen molar-refractivity contribution in [1.82, 2.24) is 9.97 Å². The molecule has 0 saturated heterocycles. The SMILES string of the molecule is Cc1cccc(Nc2ncnc(NC(C)C)c2N)c1. The standard InChI is InChI=1S/C14H19N5/c1-9(2)18-13-12(15)14(17-8-16-13)19-11-6-4-5-10(3)7-11/h4-9H,15H2,1-3H3,(H2,16,17,18,19). The Morgan fingerprint density at radius 1 is 1.16 bits per heavy atom. The van der Waals surface area contributed by atoms with E-state index in [1.165, 1.54) is 11.9 Å². The van der Waals surface area contributed by atoms with Gasteiger partial charge in [-0.05, 0) is 38.5 Å². The van der Waals surface area contributed by atoms with Crippen LogP contribution in [0.2, 0.25) is 0 Å². The molecule has 2 rings (SSSR count). The van der Waals surface area contributed by atoms with Gasteiger partial charge in [-0.1, -0.05) is 12.1 Å². The fourth-order valence-corrected chi connectivity index (χ4v) is 1.74. The number of hydrogen-bond acceptors (Lipinski definition) is 5. The molecule has 0 atom stereocenters. The summed E-state index contributed by atoms with van der Waals surface area (Å²) in [7, 11) is 0. The maximum absolute atomic E-state index is 6.07. The van der Waals surface area contributed by atoms with Crippen LogP contribution in [0.5, 0.6) is 0 Å². The summed E-state index contributed by atoms with van der Waals surface area (Å²) in [6.45, 7) is 6.12. The average molecular weight is 257 g/mol. The molecule has 100 valence electrons. The van der Waals surface area contributed by atoms with Gasteiger partial charge in [0.05, 0.1) is 0 Å². The van der Waals surface area contributed by atoms with Gasteiger partial charge in [-0.2, -0.15) is 0 Å². The molecule has 1 aromatic carbocycles. The number of hydrogen-bond donors (Lipinski definition) is 3. The monoisotopic (exact) mass is 257 g/mol. The van der Waals surface area contributed by atoms with Crippen LogP contribution in [0, 0.1) is 6.92 Å². The highest BCUT2D eigenvalue weighted by molar-refractivity contribution is 5.77. The van der Waals surface area contributed by atoms with Gasteiger partial charge >= 0.3 is 0 Å². The van der Waals surface area contributed by atoms with Crippen molar-refractivity contribution in [1.29, 1.82) is 0 Å². The van der Waals surface area contributed by atoms with E-state index in [-0.39, 0.29) is 6.04 Å². The Balaban J connectivity index is 2.25. The van der Waals surface area contributed by atoms with Crippen molar-refractivity contribution in [3.05, 3.63) is 36.2 Å². The van der Waals surface area contributed by atoms with E-state index < -0.39 is 0 Å². The van der Waals surface area contributed by atoms with Crippen LogP contribution in [0.3, 0.4) is 0 Å². The van der Waals surface area contributed by atoms with Crippen molar-refractivity contribution in [2.75, 3.05) is 16.4 Å². The largest absolute Gasteiger partial charge is 0.393 e. The summed E-state index contributed by atoms with van der Waals surface area (Å²) < 4.78 is 0. The molecular formula is C14H19N5. The molecule has 1 heterocycles. The zero-order chi connectivity index (χ0) is 13.8. The molecule has 0 aliphatic heterocycles. The number of anilines is 4. The highest BCUT2D eigenvalue weighted by atomic mass is 15.1. The van der Waals surface area contributed by atoms with Crippen molar-refractivity contribution in [3.63, 3.8) is 0 Å². The Morgan fingerprint density at radius 3 is 2.58 bits per heavy atom. The lowest BCUT2D eigenvalue weighted by Gasteiger charge is -2.14. The third kappa shape index (κ3) is 3.34. The van der Waals surface area contributed by atoms with Gasteiger partial charge in [-0.3, -0.25) is 0 Å². The molecule has 0 saturated carbocycles. The van der Waals surface area contributed by atoms with Gasteiger partial charge < -0.3 is 16.4 Å². The molecule has 0 amide bonds. The van der Waals surface area contributed by atoms with E-state index in [4.69, 9.17) is 5.73 Å². The first-order valence-electron chi connectivity index (χ1n) is 6.27. The lowest BCUT2D eigenvalue weighted by molar-refractivity contribution is 0.887. The normalized spacial score (nSPS) is 10.5. The molecular weight excluding hydrogens is 238 g/mol. The number of aromatic nitrogens is 2. The molecule has 5 nitrogen and oxygen atoms in total. The highest BCUT2D eigenvalue weighted by Crippen LogP contribution is 2.26. The Bertz CT molecular complexity index is 566. The molecule has 0 unspecified atom stereocenters. The molecule has 4 N–H and O–H groups in total. The lowest BCUT2D eigenvalue weighted by atomic mass is 10.2. The van der Waals surface area contributed by atoms with Gasteiger partial charge in [0.1, 0.15) is 12.0 Å². The summed E-state index contributed by atoms with van der Waals surface area (Å²) in [5.74, 6) is 1.27. The van der Waals surface area contributed by atoms with Crippen LogP contribution in [0.4, 0.5) is 23.0 Å². The van der Waals surface area contributed by atoms with E-state index >= 15 is 0 Å². The van der Waals surface area contributed by atoms with Crippen LogP contribution in [-0.4, -0.2) is 16.0 Å². The molecule has 0 aliphatic rings. The van der Waals surface area contributed by atoms with Gasteiger partial charge in [0.2, 0.25) is 0 Å². The fraction of sp³-hybridized carbons (Fsp3) is 0.286. The van der Waals surface area contributed by atoms with Gasteiger partial charge in [0, 0.05) is 11.7 Å². The van der Waals surface area contributed by atoms with Crippen molar-refractivity contribution >= 4 is 23.0 Å². The van der Waals surface area contributed by atoms with Gasteiger partial charge in [-0.15, -0.1) is 0 Å². The molecule has 0 aliphatic carbocycles. The summed E-state index contributed by atoms with van der Waals surface area (Å²) in [6, 6.07) is 8.31. The smallest absolute Gasteiger partial charge is 0.159 e. The van der Waals surface area contributed by atoms with Crippen molar-refractivity contribution in [2.24, 2.45) is 0 Å². The van der Waals surface area contributed by atoms with Crippen LogP contribution in [0.15, 0.2) is 30.6 Å². The second-order valence-corrected chi connectivity index (χ2v) is 4.78. The molecule has 0 bridgehead atoms. The van der Waals surface area contributed by atoms with Gasteiger partial charge in [-0.25, -0.2) is 9.97 Å². The number of rotatable bonds is 4. The number of nitrogens with two attached hydrogens (primary N) is 1. The average Bonchev–Trinajstić information content (AvgIpc) is 2.34. The summed E-state index contributed by atoms with van der Waals surface area (Å²) in [5, 5.41) is 6.41. The van der Waals surface area contributed by atoms with Crippen LogP contribution in [0.1, 0.15) is 19.4 Å². The summed E-state index contributed by atoms with van der Waals surface area (Å²) in [6.07, 6.45) is 1.50. The second-order valence-electron chi connectivity index (χ2n) is 4.78. The van der Waals surface area contributed by atoms with Gasteiger partial charge in [0.25, 0.3) is 0 Å². The van der Waals surface area contributed by atoms with E-state index in [0.717, 1.165) is 5.69 Å². The van der Waals surface area contributed by atoms with Crippen LogP contribution >= 0.6 is 0 Å². The number of aryl methyl sites for hydroxylation is 1.